The Morgan fingerprint density at radius 2 is 1.19 bits per heavy atom. The van der Waals surface area contributed by atoms with Crippen LogP contribution in [-0.2, 0) is 14.3 Å². The van der Waals surface area contributed by atoms with Gasteiger partial charge in [0.15, 0.2) is 0 Å². The van der Waals surface area contributed by atoms with E-state index < -0.39 is 12.0 Å². The number of carbonyl (C=O) groups is 2. The molecular formula is C40H37N7O6. The summed E-state index contributed by atoms with van der Waals surface area (Å²) in [5.74, 6) is -0.0774. The number of allylic oxidation sites excluding steroid dienone is 1. The minimum atomic E-state index is -0.601. The maximum Gasteiger partial charge on any atom is 0.318 e. The molecule has 0 saturated heterocycles. The van der Waals surface area contributed by atoms with Gasteiger partial charge < -0.3 is 24.3 Å². The lowest BCUT2D eigenvalue weighted by Crippen LogP contribution is -2.29. The lowest BCUT2D eigenvalue weighted by atomic mass is 9.90. The van der Waals surface area contributed by atoms with Gasteiger partial charge in [-0.25, -0.2) is 0 Å². The molecule has 2 atom stereocenters. The third-order valence-electron chi connectivity index (χ3n) is 8.32. The Labute approximate surface area is 306 Å². The Morgan fingerprint density at radius 1 is 0.660 bits per heavy atom. The second-order valence-corrected chi connectivity index (χ2v) is 12.2. The van der Waals surface area contributed by atoms with E-state index in [2.05, 4.69) is 36.0 Å². The minimum absolute atomic E-state index is 0.295. The zero-order valence-electron chi connectivity index (χ0n) is 30.0. The average molecular weight is 712 g/mol. The number of esters is 1. The van der Waals surface area contributed by atoms with E-state index in [0.717, 1.165) is 22.3 Å². The topological polar surface area (TPSA) is 157 Å². The summed E-state index contributed by atoms with van der Waals surface area (Å²) < 4.78 is 22.5. The predicted octanol–water partition coefficient (Wildman–Crippen LogP) is 10.3. The first-order chi connectivity index (χ1) is 25.6. The Balaban J connectivity index is 1.25. The lowest BCUT2D eigenvalue weighted by molar-refractivity contribution is -0.147. The number of benzene rings is 4. The van der Waals surface area contributed by atoms with Gasteiger partial charge in [-0.2, -0.15) is 10.2 Å². The quantitative estimate of drug-likeness (QED) is 0.120. The molecule has 0 bridgehead atoms. The first kappa shape index (κ1) is 36.0. The molecule has 0 fully saturated rings. The van der Waals surface area contributed by atoms with Crippen LogP contribution in [0.2, 0.25) is 0 Å². The third kappa shape index (κ3) is 8.59. The number of methoxy groups -OCH3 is 3. The number of anilines is 1. The molecule has 13 heteroatoms. The molecule has 1 heterocycles. The molecule has 0 radical (unpaired) electrons. The summed E-state index contributed by atoms with van der Waals surface area (Å²) in [6.07, 6.45) is 6.66. The fourth-order valence-electron chi connectivity index (χ4n) is 5.50. The first-order valence-corrected chi connectivity index (χ1v) is 16.6. The molecule has 53 heavy (non-hydrogen) atoms. The van der Waals surface area contributed by atoms with Gasteiger partial charge in [0.1, 0.15) is 52.0 Å². The van der Waals surface area contributed by atoms with Crippen LogP contribution in [0.25, 0.3) is 0 Å². The van der Waals surface area contributed by atoms with Crippen molar-refractivity contribution in [1.82, 2.24) is 0 Å². The van der Waals surface area contributed by atoms with Gasteiger partial charge in [0.05, 0.1) is 38.4 Å². The second kappa shape index (κ2) is 16.1. The van der Waals surface area contributed by atoms with Crippen molar-refractivity contribution in [2.45, 2.75) is 32.8 Å². The highest BCUT2D eigenvalue weighted by Crippen LogP contribution is 2.43. The van der Waals surface area contributed by atoms with E-state index in [1.54, 1.807) is 36.4 Å². The summed E-state index contributed by atoms with van der Waals surface area (Å²) in [7, 11) is 4.50. The van der Waals surface area contributed by atoms with Crippen molar-refractivity contribution in [3.05, 3.63) is 125 Å². The predicted molar refractivity (Wildman–Crippen MR) is 200 cm³/mol. The number of fused-ring (bicyclic) bond motifs is 1. The van der Waals surface area contributed by atoms with Gasteiger partial charge in [-0.15, -0.1) is 20.5 Å². The van der Waals surface area contributed by atoms with Gasteiger partial charge in [0, 0.05) is 25.1 Å². The maximum atomic E-state index is 12.9. The molecule has 1 amide bonds. The summed E-state index contributed by atoms with van der Waals surface area (Å²) in [5, 5.41) is 29.0. The van der Waals surface area contributed by atoms with Crippen LogP contribution >= 0.6 is 0 Å². The molecule has 13 nitrogen and oxygen atoms in total. The molecule has 0 spiro atoms. The monoisotopic (exact) mass is 711 g/mol. The number of amides is 1. The SMILES string of the molecule is COc1cc(N=Nc2cc(NC(C)=O)c(N=NC3=CC4OC(=O)C(c5ccc(C)cc5)C=C4C=C3)cc2OC)c(OC)cc1N=Nc1ccc(C)cc1. The molecule has 1 aliphatic carbocycles. The van der Waals surface area contributed by atoms with Gasteiger partial charge in [-0.3, -0.25) is 9.59 Å². The van der Waals surface area contributed by atoms with Crippen molar-refractivity contribution in [2.24, 2.45) is 30.7 Å². The lowest BCUT2D eigenvalue weighted by Gasteiger charge is -2.27. The standard InChI is InChI=1S/C40H37N7O6/c1-23-7-11-26(12-8-23)30-17-27-13-16-29(18-36(27)53-40(30)49)43-44-32-20-37(50-4)33(19-31(32)41-25(3)48)46-47-35-22-38(51-5)34(21-39(35)52-6)45-42-28-14-9-24(2)10-15-28/h7-22,30,36H,1-6H3,(H,41,48). The van der Waals surface area contributed by atoms with Crippen LogP contribution in [0.4, 0.5) is 34.1 Å². The van der Waals surface area contributed by atoms with E-state index in [9.17, 15) is 9.59 Å². The molecule has 4 aromatic carbocycles. The van der Waals surface area contributed by atoms with Crippen LogP contribution in [0.15, 0.2) is 139 Å². The normalized spacial score (nSPS) is 16.7. The molecule has 268 valence electrons. The largest absolute Gasteiger partial charge is 0.494 e. The highest BCUT2D eigenvalue weighted by Gasteiger charge is 2.31. The van der Waals surface area contributed by atoms with E-state index >= 15 is 0 Å². The maximum absolute atomic E-state index is 12.9. The number of nitrogens with zero attached hydrogens (tertiary/aromatic N) is 6. The number of nitrogens with one attached hydrogen (secondary N) is 1. The smallest absolute Gasteiger partial charge is 0.318 e. The Bertz CT molecular complexity index is 2220. The van der Waals surface area contributed by atoms with E-state index in [1.165, 1.54) is 28.3 Å². The number of aryl methyl sites for hydroxylation is 2. The number of rotatable bonds is 11. The van der Waals surface area contributed by atoms with Gasteiger partial charge in [-0.1, -0.05) is 59.7 Å². The Kier molecular flexibility index (Phi) is 10.9. The molecular weight excluding hydrogens is 674 g/mol. The molecule has 1 aliphatic heterocycles. The third-order valence-corrected chi connectivity index (χ3v) is 8.32. The Morgan fingerprint density at radius 3 is 1.77 bits per heavy atom. The van der Waals surface area contributed by atoms with Gasteiger partial charge >= 0.3 is 5.97 Å². The van der Waals surface area contributed by atoms with E-state index in [0.29, 0.717) is 57.1 Å². The number of azo groups is 3. The first-order valence-electron chi connectivity index (χ1n) is 16.6. The molecule has 0 saturated carbocycles. The second-order valence-electron chi connectivity index (χ2n) is 12.2. The van der Waals surface area contributed by atoms with Crippen LogP contribution in [0.1, 0.15) is 29.5 Å². The Hall–Kier alpha value is -6.76. The highest BCUT2D eigenvalue weighted by molar-refractivity contribution is 5.93. The number of carbonyl (C=O) groups excluding carboxylic acids is 2. The minimum Gasteiger partial charge on any atom is -0.494 e. The van der Waals surface area contributed by atoms with Crippen molar-refractivity contribution >= 4 is 46.0 Å². The highest BCUT2D eigenvalue weighted by atomic mass is 16.5. The van der Waals surface area contributed by atoms with Gasteiger partial charge in [0.2, 0.25) is 5.91 Å². The average Bonchev–Trinajstić information content (AvgIpc) is 3.16. The molecule has 0 aromatic heterocycles. The molecule has 2 aliphatic rings. The molecule has 2 unspecified atom stereocenters. The van der Waals surface area contributed by atoms with Gasteiger partial charge in [-0.05, 0) is 55.3 Å². The molecule has 1 N–H and O–H groups in total. The zero-order valence-corrected chi connectivity index (χ0v) is 30.0. The van der Waals surface area contributed by atoms with Crippen molar-refractivity contribution in [3.63, 3.8) is 0 Å². The van der Waals surface area contributed by atoms with Crippen LogP contribution in [-0.4, -0.2) is 39.3 Å². The van der Waals surface area contributed by atoms with E-state index in [-0.39, 0.29) is 11.9 Å². The van der Waals surface area contributed by atoms with Crippen molar-refractivity contribution in [3.8, 4) is 17.2 Å². The van der Waals surface area contributed by atoms with Crippen molar-refractivity contribution in [1.29, 1.82) is 0 Å². The number of ether oxygens (including phenoxy) is 4. The van der Waals surface area contributed by atoms with E-state index in [4.69, 9.17) is 18.9 Å². The zero-order chi connectivity index (χ0) is 37.5. The number of hydrogen-bond donors (Lipinski definition) is 1. The summed E-state index contributed by atoms with van der Waals surface area (Å²) in [6, 6.07) is 21.9. The van der Waals surface area contributed by atoms with Crippen LogP contribution in [0.3, 0.4) is 0 Å². The van der Waals surface area contributed by atoms with Crippen molar-refractivity contribution < 1.29 is 28.5 Å². The van der Waals surface area contributed by atoms with Crippen molar-refractivity contribution in [2.75, 3.05) is 26.6 Å². The summed E-state index contributed by atoms with van der Waals surface area (Å²) in [5.41, 5.74) is 6.79. The fraction of sp³-hybridized carbons (Fsp3) is 0.200. The summed E-state index contributed by atoms with van der Waals surface area (Å²) in [6.45, 7) is 5.37. The molecule has 4 aromatic rings. The van der Waals surface area contributed by atoms with Gasteiger partial charge in [0.25, 0.3) is 0 Å². The van der Waals surface area contributed by atoms with Crippen LogP contribution < -0.4 is 19.5 Å². The fourth-order valence-corrected chi connectivity index (χ4v) is 5.50. The van der Waals surface area contributed by atoms with E-state index in [1.807, 2.05) is 74.5 Å². The summed E-state index contributed by atoms with van der Waals surface area (Å²) >= 11 is 0. The molecule has 6 rings (SSSR count). The number of hydrogen-bond acceptors (Lipinski definition) is 12. The van der Waals surface area contributed by atoms with Crippen LogP contribution in [0.5, 0.6) is 17.2 Å². The van der Waals surface area contributed by atoms with Crippen LogP contribution in [0, 0.1) is 13.8 Å². The summed E-state index contributed by atoms with van der Waals surface area (Å²) in [4.78, 5) is 25.1.